The predicted octanol–water partition coefficient (Wildman–Crippen LogP) is 3.67. The topological polar surface area (TPSA) is 69.9 Å². The smallest absolute Gasteiger partial charge is 0.337 e. The second-order valence-corrected chi connectivity index (χ2v) is 7.13. The first-order chi connectivity index (χ1) is 13.5. The number of ether oxygens (including phenoxy) is 2. The number of hydrogen-bond acceptors (Lipinski definition) is 5. The number of esters is 1. The molecule has 0 aliphatic rings. The van der Waals surface area contributed by atoms with E-state index in [4.69, 9.17) is 21.1 Å². The van der Waals surface area contributed by atoms with Gasteiger partial charge in [-0.3, -0.25) is 4.79 Å². The molecule has 0 aliphatic carbocycles. The van der Waals surface area contributed by atoms with Gasteiger partial charge < -0.3 is 14.0 Å². The Labute approximate surface area is 168 Å². The van der Waals surface area contributed by atoms with Crippen molar-refractivity contribution in [3.8, 4) is 0 Å². The highest BCUT2D eigenvalue weighted by Gasteiger charge is 2.17. The summed E-state index contributed by atoms with van der Waals surface area (Å²) in [6.45, 7) is 0.803. The lowest BCUT2D eigenvalue weighted by Gasteiger charge is -2.05. The first-order valence-electron chi connectivity index (χ1n) is 8.20. The number of rotatable bonds is 5. The van der Waals surface area contributed by atoms with Crippen molar-refractivity contribution in [1.82, 2.24) is 4.57 Å². The monoisotopic (exact) mass is 422 g/mol. The van der Waals surface area contributed by atoms with Crippen LogP contribution in [0, 0.1) is 5.82 Å². The Morgan fingerprint density at radius 2 is 2.04 bits per heavy atom. The molecule has 1 heterocycles. The Kier molecular flexibility index (Phi) is 6.23. The third-order valence-electron chi connectivity index (χ3n) is 4.00. The number of fused-ring (bicyclic) bond motifs is 1. The van der Waals surface area contributed by atoms with Crippen molar-refractivity contribution < 1.29 is 23.5 Å². The van der Waals surface area contributed by atoms with Gasteiger partial charge in [0.2, 0.25) is 0 Å². The summed E-state index contributed by atoms with van der Waals surface area (Å²) in [5.74, 6) is -1.99. The second kappa shape index (κ2) is 8.64. The summed E-state index contributed by atoms with van der Waals surface area (Å²) in [7, 11) is 2.86. The van der Waals surface area contributed by atoms with Crippen LogP contribution in [0.5, 0.6) is 0 Å². The average molecular weight is 423 g/mol. The number of hydrogen-bond donors (Lipinski definition) is 0. The molecule has 3 rings (SSSR count). The van der Waals surface area contributed by atoms with Gasteiger partial charge in [-0.25, -0.2) is 9.18 Å². The highest BCUT2D eigenvalue weighted by molar-refractivity contribution is 7.16. The minimum atomic E-state index is -0.783. The summed E-state index contributed by atoms with van der Waals surface area (Å²) in [6.07, 6.45) is 0. The predicted molar refractivity (Wildman–Crippen MR) is 104 cm³/mol. The average Bonchev–Trinajstić information content (AvgIpc) is 3.01. The number of nitrogens with zero attached hydrogens (tertiary/aromatic N) is 2. The Balaban J connectivity index is 2.16. The second-order valence-electron chi connectivity index (χ2n) is 5.72. The van der Waals surface area contributed by atoms with Crippen LogP contribution in [0.4, 0.5) is 4.39 Å². The summed E-state index contributed by atoms with van der Waals surface area (Å²) in [4.78, 5) is 28.8. The molecule has 0 fully saturated rings. The van der Waals surface area contributed by atoms with Crippen LogP contribution in [0.1, 0.15) is 20.7 Å². The first-order valence-corrected chi connectivity index (χ1v) is 9.39. The lowest BCUT2D eigenvalue weighted by Crippen LogP contribution is -2.19. The molecule has 0 spiro atoms. The van der Waals surface area contributed by atoms with Crippen molar-refractivity contribution in [1.29, 1.82) is 0 Å². The van der Waals surface area contributed by atoms with Crippen LogP contribution >= 0.6 is 22.9 Å². The Hall–Kier alpha value is -2.55. The molecular formula is C19H16ClFN2O4S. The molecule has 0 aliphatic heterocycles. The lowest BCUT2D eigenvalue weighted by atomic mass is 10.2. The van der Waals surface area contributed by atoms with E-state index in [0.29, 0.717) is 23.5 Å². The molecule has 0 bridgehead atoms. The molecule has 6 nitrogen and oxygen atoms in total. The third kappa shape index (κ3) is 3.99. The van der Waals surface area contributed by atoms with E-state index in [0.717, 1.165) is 16.3 Å². The van der Waals surface area contributed by atoms with Gasteiger partial charge in [0.05, 0.1) is 40.1 Å². The van der Waals surface area contributed by atoms with E-state index in [-0.39, 0.29) is 10.6 Å². The number of benzene rings is 2. The molecule has 0 radical (unpaired) electrons. The van der Waals surface area contributed by atoms with E-state index in [9.17, 15) is 14.0 Å². The normalized spacial score (nSPS) is 11.8. The molecule has 146 valence electrons. The van der Waals surface area contributed by atoms with Gasteiger partial charge in [0.25, 0.3) is 5.91 Å². The van der Waals surface area contributed by atoms with Gasteiger partial charge in [0.1, 0.15) is 5.82 Å². The fourth-order valence-electron chi connectivity index (χ4n) is 2.65. The quantitative estimate of drug-likeness (QED) is 0.588. The zero-order valence-corrected chi connectivity index (χ0v) is 16.6. The Morgan fingerprint density at radius 3 is 2.71 bits per heavy atom. The summed E-state index contributed by atoms with van der Waals surface area (Å²) >= 11 is 7.17. The molecule has 1 aromatic heterocycles. The SMILES string of the molecule is COCCn1c(=NC(=O)c2c(F)cccc2Cl)sc2cc(C(=O)OC)ccc21. The zero-order chi connectivity index (χ0) is 20.3. The summed E-state index contributed by atoms with van der Waals surface area (Å²) in [5.41, 5.74) is 0.862. The minimum absolute atomic E-state index is 0.00807. The fourth-order valence-corrected chi connectivity index (χ4v) is 3.98. The molecule has 3 aromatic rings. The highest BCUT2D eigenvalue weighted by Crippen LogP contribution is 2.22. The van der Waals surface area contributed by atoms with E-state index in [1.807, 2.05) is 0 Å². The highest BCUT2D eigenvalue weighted by atomic mass is 35.5. The molecule has 0 saturated carbocycles. The summed E-state index contributed by atoms with van der Waals surface area (Å²) < 4.78 is 26.4. The van der Waals surface area contributed by atoms with Crippen LogP contribution in [0.15, 0.2) is 41.4 Å². The van der Waals surface area contributed by atoms with E-state index in [1.54, 1.807) is 29.9 Å². The number of methoxy groups -OCH3 is 2. The van der Waals surface area contributed by atoms with Crippen LogP contribution < -0.4 is 4.80 Å². The first kappa shape index (κ1) is 20.2. The number of carbonyl (C=O) groups is 2. The van der Waals surface area contributed by atoms with Gasteiger partial charge in [0, 0.05) is 13.7 Å². The molecule has 0 atom stereocenters. The van der Waals surface area contributed by atoms with Crippen LogP contribution in [-0.4, -0.2) is 37.3 Å². The van der Waals surface area contributed by atoms with Crippen molar-refractivity contribution in [2.75, 3.05) is 20.8 Å². The van der Waals surface area contributed by atoms with Crippen LogP contribution in [0.3, 0.4) is 0 Å². The number of carbonyl (C=O) groups excluding carboxylic acids is 2. The van der Waals surface area contributed by atoms with E-state index in [2.05, 4.69) is 4.99 Å². The van der Waals surface area contributed by atoms with Gasteiger partial charge >= 0.3 is 5.97 Å². The molecule has 28 heavy (non-hydrogen) atoms. The molecule has 1 amide bonds. The van der Waals surface area contributed by atoms with Crippen LogP contribution in [0.25, 0.3) is 10.2 Å². The number of thiazole rings is 1. The minimum Gasteiger partial charge on any atom is -0.465 e. The third-order valence-corrected chi connectivity index (χ3v) is 5.35. The maximum Gasteiger partial charge on any atom is 0.337 e. The van der Waals surface area contributed by atoms with Crippen molar-refractivity contribution in [3.05, 3.63) is 63.2 Å². The summed E-state index contributed by atoms with van der Waals surface area (Å²) in [5, 5.41) is -0.00807. The van der Waals surface area contributed by atoms with Gasteiger partial charge in [-0.1, -0.05) is 29.0 Å². The molecular weight excluding hydrogens is 407 g/mol. The molecule has 9 heteroatoms. The van der Waals surface area contributed by atoms with Crippen LogP contribution in [0.2, 0.25) is 5.02 Å². The maximum absolute atomic E-state index is 14.1. The largest absolute Gasteiger partial charge is 0.465 e. The number of halogens is 2. The van der Waals surface area contributed by atoms with E-state index >= 15 is 0 Å². The van der Waals surface area contributed by atoms with Gasteiger partial charge in [0.15, 0.2) is 4.80 Å². The van der Waals surface area contributed by atoms with Crippen molar-refractivity contribution in [2.45, 2.75) is 6.54 Å². The fraction of sp³-hybridized carbons (Fsp3) is 0.211. The maximum atomic E-state index is 14.1. The molecule has 0 saturated heterocycles. The molecule has 0 N–H and O–H groups in total. The van der Waals surface area contributed by atoms with E-state index < -0.39 is 17.7 Å². The number of amides is 1. The van der Waals surface area contributed by atoms with Crippen molar-refractivity contribution in [2.24, 2.45) is 4.99 Å². The Bertz CT molecular complexity index is 1100. The Morgan fingerprint density at radius 1 is 1.25 bits per heavy atom. The standard InChI is InChI=1S/C19H16ClFN2O4S/c1-26-9-8-23-14-7-6-11(18(25)27-2)10-15(14)28-19(23)22-17(24)16-12(20)4-3-5-13(16)21/h3-7,10H,8-9H2,1-2H3. The zero-order valence-electron chi connectivity index (χ0n) is 15.1. The van der Waals surface area contributed by atoms with E-state index in [1.165, 1.54) is 30.6 Å². The number of aromatic nitrogens is 1. The van der Waals surface area contributed by atoms with Crippen molar-refractivity contribution in [3.63, 3.8) is 0 Å². The van der Waals surface area contributed by atoms with Gasteiger partial charge in [-0.15, -0.1) is 0 Å². The van der Waals surface area contributed by atoms with Gasteiger partial charge in [-0.05, 0) is 30.3 Å². The van der Waals surface area contributed by atoms with Crippen LogP contribution in [-0.2, 0) is 16.0 Å². The van der Waals surface area contributed by atoms with Gasteiger partial charge in [-0.2, -0.15) is 4.99 Å². The summed E-state index contributed by atoms with van der Waals surface area (Å²) in [6, 6.07) is 9.04. The molecule has 2 aromatic carbocycles. The lowest BCUT2D eigenvalue weighted by molar-refractivity contribution is 0.0600. The van der Waals surface area contributed by atoms with Crippen molar-refractivity contribution >= 4 is 45.0 Å². The molecule has 0 unspecified atom stereocenters.